The van der Waals surface area contributed by atoms with Crippen LogP contribution in [0.25, 0.3) is 11.3 Å². The van der Waals surface area contributed by atoms with Crippen LogP contribution in [0.1, 0.15) is 43.9 Å². The molecule has 1 aromatic carbocycles. The van der Waals surface area contributed by atoms with Crippen molar-refractivity contribution in [1.29, 1.82) is 0 Å². The predicted molar refractivity (Wildman–Crippen MR) is 127 cm³/mol. The van der Waals surface area contributed by atoms with E-state index >= 15 is 0 Å². The maximum absolute atomic E-state index is 11.1. The summed E-state index contributed by atoms with van der Waals surface area (Å²) in [5.41, 5.74) is 1.95. The van der Waals surface area contributed by atoms with Crippen molar-refractivity contribution >= 4 is 33.8 Å². The number of aliphatic carboxylic acids is 1. The minimum Gasteiger partial charge on any atom is -0.490 e. The number of hydrogen-bond donors (Lipinski definition) is 1. The molecular weight excluding hydrogens is 428 g/mol. The van der Waals surface area contributed by atoms with Crippen molar-refractivity contribution < 1.29 is 14.6 Å². The lowest BCUT2D eigenvalue weighted by Gasteiger charge is -2.26. The highest BCUT2D eigenvalue weighted by Gasteiger charge is 2.20. The van der Waals surface area contributed by atoms with Crippen molar-refractivity contribution in [2.45, 2.75) is 51.7 Å². The largest absolute Gasteiger partial charge is 0.490 e. The number of nitrogens with zero attached hydrogens (tertiary/aromatic N) is 2. The lowest BCUT2D eigenvalue weighted by Crippen LogP contribution is -2.25. The van der Waals surface area contributed by atoms with E-state index in [0.717, 1.165) is 40.9 Å². The number of carboxylic acid groups (broad SMARTS) is 1. The van der Waals surface area contributed by atoms with Gasteiger partial charge in [0.2, 0.25) is 0 Å². The molecule has 1 saturated carbocycles. The fourth-order valence-corrected chi connectivity index (χ4v) is 5.43. The fourth-order valence-electron chi connectivity index (χ4n) is 3.85. The van der Waals surface area contributed by atoms with Gasteiger partial charge in [-0.2, -0.15) is 0 Å². The van der Waals surface area contributed by atoms with Gasteiger partial charge in [-0.15, -0.1) is 22.7 Å². The quantitative estimate of drug-likeness (QED) is 0.409. The summed E-state index contributed by atoms with van der Waals surface area (Å²) in [4.78, 5) is 19.2. The Balaban J connectivity index is 1.43. The molecule has 0 atom stereocenters. The van der Waals surface area contributed by atoms with E-state index in [2.05, 4.69) is 30.0 Å². The zero-order chi connectivity index (χ0) is 21.6. The Hall–Kier alpha value is -2.38. The Kier molecular flexibility index (Phi) is 7.25. The topological polar surface area (TPSA) is 62.7 Å². The second kappa shape index (κ2) is 10.3. The predicted octanol–water partition coefficient (Wildman–Crippen LogP) is 6.31. The summed E-state index contributed by atoms with van der Waals surface area (Å²) in [7, 11) is 0. The maximum atomic E-state index is 11.1. The molecule has 0 saturated heterocycles. The molecule has 0 aliphatic heterocycles. The first kappa shape index (κ1) is 21.8. The van der Waals surface area contributed by atoms with Gasteiger partial charge in [-0.05, 0) is 67.3 Å². The zero-order valence-corrected chi connectivity index (χ0v) is 19.3. The molecule has 2 heterocycles. The van der Waals surface area contributed by atoms with Gasteiger partial charge in [0.1, 0.15) is 5.75 Å². The highest BCUT2D eigenvalue weighted by Crippen LogP contribution is 2.31. The fraction of sp³-hybridized carbons (Fsp3) is 0.417. The van der Waals surface area contributed by atoms with E-state index in [-0.39, 0.29) is 6.42 Å². The van der Waals surface area contributed by atoms with Crippen molar-refractivity contribution in [1.82, 2.24) is 4.98 Å². The van der Waals surface area contributed by atoms with Crippen LogP contribution in [0, 0.1) is 5.92 Å². The van der Waals surface area contributed by atoms with E-state index in [9.17, 15) is 4.79 Å². The van der Waals surface area contributed by atoms with Gasteiger partial charge in [-0.25, -0.2) is 4.98 Å². The van der Waals surface area contributed by atoms with Crippen LogP contribution >= 0.6 is 22.7 Å². The van der Waals surface area contributed by atoms with Gasteiger partial charge < -0.3 is 14.7 Å². The highest BCUT2D eigenvalue weighted by molar-refractivity contribution is 7.14. The number of ether oxygens (including phenoxy) is 1. The molecular formula is C24H28N2O3S2. The first-order valence-corrected chi connectivity index (χ1v) is 12.5. The third kappa shape index (κ3) is 6.08. The minimum atomic E-state index is -0.795. The van der Waals surface area contributed by atoms with Crippen LogP contribution in [0.2, 0.25) is 0 Å². The highest BCUT2D eigenvalue weighted by atomic mass is 32.1. The summed E-state index contributed by atoms with van der Waals surface area (Å²) >= 11 is 3.23. The number of benzene rings is 1. The molecule has 0 amide bonds. The molecule has 7 heteroatoms. The van der Waals surface area contributed by atoms with Crippen LogP contribution in [-0.4, -0.2) is 28.7 Å². The van der Waals surface area contributed by atoms with Crippen molar-refractivity contribution in [2.75, 3.05) is 11.4 Å². The van der Waals surface area contributed by atoms with Crippen LogP contribution in [0.3, 0.4) is 0 Å². The van der Waals surface area contributed by atoms with E-state index in [0.29, 0.717) is 19.2 Å². The SMILES string of the molecule is C[C@H]1CC[C@H](Oc2ccc(-c3csc(N(CCC(=O)O)Cc4cccs4)n3)cc2)CC1. The standard InChI is InChI=1S/C24H28N2O3S2/c1-17-4-8-19(9-5-17)29-20-10-6-18(7-11-20)22-16-31-24(25-22)26(13-12-23(27)28)15-21-3-2-14-30-21/h2-3,6-7,10-11,14,16-17,19H,4-5,8-9,12-13,15H2,1H3,(H,27,28)/t17-,19-. The molecule has 1 N–H and O–H groups in total. The molecule has 0 unspecified atom stereocenters. The van der Waals surface area contributed by atoms with Gasteiger partial charge in [0, 0.05) is 22.4 Å². The summed E-state index contributed by atoms with van der Waals surface area (Å²) in [6.07, 6.45) is 5.17. The molecule has 4 rings (SSSR count). The molecule has 1 aliphatic carbocycles. The van der Waals surface area contributed by atoms with Crippen LogP contribution in [-0.2, 0) is 11.3 Å². The number of thiophene rings is 1. The van der Waals surface area contributed by atoms with Gasteiger partial charge >= 0.3 is 5.97 Å². The average Bonchev–Trinajstić information content (AvgIpc) is 3.45. The Morgan fingerprint density at radius 1 is 1.16 bits per heavy atom. The summed E-state index contributed by atoms with van der Waals surface area (Å²) in [6.45, 7) is 3.42. The van der Waals surface area contributed by atoms with Crippen LogP contribution in [0.15, 0.2) is 47.2 Å². The molecule has 31 heavy (non-hydrogen) atoms. The molecule has 0 bridgehead atoms. The molecule has 1 aliphatic rings. The van der Waals surface area contributed by atoms with Gasteiger partial charge in [0.05, 0.1) is 24.8 Å². The second-order valence-corrected chi connectivity index (χ2v) is 10.1. The van der Waals surface area contributed by atoms with E-state index in [4.69, 9.17) is 14.8 Å². The zero-order valence-electron chi connectivity index (χ0n) is 17.7. The summed E-state index contributed by atoms with van der Waals surface area (Å²) in [5.74, 6) is 0.937. The van der Waals surface area contributed by atoms with E-state index in [1.807, 2.05) is 29.0 Å². The van der Waals surface area contributed by atoms with Crippen LogP contribution < -0.4 is 9.64 Å². The molecule has 164 valence electrons. The van der Waals surface area contributed by atoms with Crippen molar-refractivity contribution in [3.8, 4) is 17.0 Å². The number of anilines is 1. The summed E-state index contributed by atoms with van der Waals surface area (Å²) in [5, 5.41) is 14.0. The first-order valence-electron chi connectivity index (χ1n) is 10.8. The molecule has 2 aromatic heterocycles. The van der Waals surface area contributed by atoms with E-state index in [1.54, 1.807) is 22.7 Å². The minimum absolute atomic E-state index is 0.0896. The number of thiazole rings is 1. The van der Waals surface area contributed by atoms with Crippen molar-refractivity contribution in [2.24, 2.45) is 5.92 Å². The van der Waals surface area contributed by atoms with E-state index < -0.39 is 5.97 Å². The number of carboxylic acids is 1. The third-order valence-electron chi connectivity index (χ3n) is 5.70. The Morgan fingerprint density at radius 2 is 1.94 bits per heavy atom. The van der Waals surface area contributed by atoms with E-state index in [1.165, 1.54) is 17.7 Å². The van der Waals surface area contributed by atoms with Gasteiger partial charge in [-0.3, -0.25) is 4.79 Å². The molecule has 3 aromatic rings. The normalized spacial score (nSPS) is 18.6. The Bertz CT molecular complexity index is 961. The lowest BCUT2D eigenvalue weighted by atomic mass is 9.89. The number of hydrogen-bond acceptors (Lipinski definition) is 6. The van der Waals surface area contributed by atoms with Crippen LogP contribution in [0.5, 0.6) is 5.75 Å². The van der Waals surface area contributed by atoms with Gasteiger partial charge in [0.25, 0.3) is 0 Å². The third-order valence-corrected chi connectivity index (χ3v) is 7.46. The Labute approximate surface area is 191 Å². The van der Waals surface area contributed by atoms with Crippen LogP contribution in [0.4, 0.5) is 5.13 Å². The molecule has 0 radical (unpaired) electrons. The second-order valence-electron chi connectivity index (χ2n) is 8.18. The monoisotopic (exact) mass is 456 g/mol. The maximum Gasteiger partial charge on any atom is 0.305 e. The molecule has 1 fully saturated rings. The van der Waals surface area contributed by atoms with Crippen molar-refractivity contribution in [3.05, 3.63) is 52.0 Å². The first-order chi connectivity index (χ1) is 15.1. The van der Waals surface area contributed by atoms with Gasteiger partial charge in [-0.1, -0.05) is 13.0 Å². The van der Waals surface area contributed by atoms with Gasteiger partial charge in [0.15, 0.2) is 5.13 Å². The Morgan fingerprint density at radius 3 is 2.61 bits per heavy atom. The molecule has 0 spiro atoms. The lowest BCUT2D eigenvalue weighted by molar-refractivity contribution is -0.136. The summed E-state index contributed by atoms with van der Waals surface area (Å²) < 4.78 is 6.17. The smallest absolute Gasteiger partial charge is 0.305 e. The summed E-state index contributed by atoms with van der Waals surface area (Å²) in [6, 6.07) is 12.3. The number of aromatic nitrogens is 1. The van der Waals surface area contributed by atoms with Crippen molar-refractivity contribution in [3.63, 3.8) is 0 Å². The average molecular weight is 457 g/mol. The molecule has 5 nitrogen and oxygen atoms in total. The number of carbonyl (C=O) groups is 1. The number of rotatable bonds is 9.